The number of hydrogen-bond acceptors (Lipinski definition) is 3. The SMILES string of the molecule is CC(C)[C@H]([NH2+]CC(=O)Nc1cccc(S(C)(=O)=O)c1)c1ccc(F)cc1. The molecule has 2 rings (SSSR count). The van der Waals surface area contributed by atoms with E-state index in [9.17, 15) is 17.6 Å². The lowest BCUT2D eigenvalue weighted by molar-refractivity contribution is -0.692. The Morgan fingerprint density at radius 3 is 2.38 bits per heavy atom. The summed E-state index contributed by atoms with van der Waals surface area (Å²) in [5.74, 6) is -0.273. The van der Waals surface area contributed by atoms with Crippen LogP contribution in [0.3, 0.4) is 0 Å². The van der Waals surface area contributed by atoms with Crippen LogP contribution < -0.4 is 10.6 Å². The Kier molecular flexibility index (Phi) is 6.50. The Balaban J connectivity index is 2.02. The molecular weight excluding hydrogens is 355 g/mol. The molecule has 0 aromatic heterocycles. The number of carbonyl (C=O) groups excluding carboxylic acids is 1. The summed E-state index contributed by atoms with van der Waals surface area (Å²) < 4.78 is 36.3. The molecule has 7 heteroatoms. The van der Waals surface area contributed by atoms with E-state index in [1.54, 1.807) is 24.3 Å². The van der Waals surface area contributed by atoms with E-state index < -0.39 is 9.84 Å². The van der Waals surface area contributed by atoms with Gasteiger partial charge in [0.15, 0.2) is 16.4 Å². The van der Waals surface area contributed by atoms with Crippen molar-refractivity contribution in [2.24, 2.45) is 5.92 Å². The first-order chi connectivity index (χ1) is 12.2. The standard InChI is InChI=1S/C19H23FN2O3S/c1-13(2)19(14-7-9-15(20)10-8-14)21-12-18(23)22-16-5-4-6-17(11-16)26(3,24)25/h4-11,13,19,21H,12H2,1-3H3,(H,22,23)/p+1/t19-/m0/s1. The zero-order chi connectivity index (χ0) is 19.3. The molecule has 0 spiro atoms. The number of amides is 1. The van der Waals surface area contributed by atoms with Crippen molar-refractivity contribution in [3.63, 3.8) is 0 Å². The van der Waals surface area contributed by atoms with E-state index in [0.29, 0.717) is 5.69 Å². The lowest BCUT2D eigenvalue weighted by atomic mass is 9.96. The van der Waals surface area contributed by atoms with Crippen molar-refractivity contribution in [1.29, 1.82) is 0 Å². The molecule has 0 saturated carbocycles. The molecule has 0 aliphatic rings. The van der Waals surface area contributed by atoms with E-state index in [1.807, 2.05) is 19.2 Å². The van der Waals surface area contributed by atoms with Gasteiger partial charge >= 0.3 is 0 Å². The van der Waals surface area contributed by atoms with E-state index >= 15 is 0 Å². The van der Waals surface area contributed by atoms with Gasteiger partial charge in [0.2, 0.25) is 0 Å². The molecule has 2 aromatic rings. The van der Waals surface area contributed by atoms with Crippen LogP contribution in [0.4, 0.5) is 10.1 Å². The Hall–Kier alpha value is -2.25. The quantitative estimate of drug-likeness (QED) is 0.773. The average Bonchev–Trinajstić information content (AvgIpc) is 2.56. The number of nitrogens with one attached hydrogen (secondary N) is 1. The molecule has 0 unspecified atom stereocenters. The fraction of sp³-hybridized carbons (Fsp3) is 0.316. The molecule has 1 atom stereocenters. The van der Waals surface area contributed by atoms with Gasteiger partial charge in [0.05, 0.1) is 4.90 Å². The molecule has 0 heterocycles. The second-order valence-electron chi connectivity index (χ2n) is 6.61. The van der Waals surface area contributed by atoms with Gasteiger partial charge in [0.1, 0.15) is 11.9 Å². The zero-order valence-electron chi connectivity index (χ0n) is 15.1. The average molecular weight is 379 g/mol. The van der Waals surface area contributed by atoms with Crippen LogP contribution in [0.1, 0.15) is 25.5 Å². The van der Waals surface area contributed by atoms with Gasteiger partial charge in [-0.25, -0.2) is 12.8 Å². The number of benzene rings is 2. The summed E-state index contributed by atoms with van der Waals surface area (Å²) in [5.41, 5.74) is 1.39. The summed E-state index contributed by atoms with van der Waals surface area (Å²) in [6.07, 6.45) is 1.12. The maximum atomic E-state index is 13.1. The summed E-state index contributed by atoms with van der Waals surface area (Å²) in [4.78, 5) is 12.4. The minimum absolute atomic E-state index is 0.0173. The van der Waals surface area contributed by atoms with Crippen LogP contribution >= 0.6 is 0 Å². The second-order valence-corrected chi connectivity index (χ2v) is 8.63. The second kappa shape index (κ2) is 8.42. The molecule has 0 aliphatic carbocycles. The van der Waals surface area contributed by atoms with Crippen molar-refractivity contribution in [2.75, 3.05) is 18.1 Å². The maximum Gasteiger partial charge on any atom is 0.279 e. The molecule has 0 bridgehead atoms. The zero-order valence-corrected chi connectivity index (χ0v) is 15.9. The molecule has 140 valence electrons. The molecule has 0 radical (unpaired) electrons. The number of hydrogen-bond donors (Lipinski definition) is 2. The van der Waals surface area contributed by atoms with Crippen LogP contribution in [0.15, 0.2) is 53.4 Å². The lowest BCUT2D eigenvalue weighted by Crippen LogP contribution is -2.88. The van der Waals surface area contributed by atoms with E-state index in [-0.39, 0.29) is 35.1 Å². The molecule has 3 N–H and O–H groups in total. The maximum absolute atomic E-state index is 13.1. The van der Waals surface area contributed by atoms with Crippen LogP contribution in [0, 0.1) is 11.7 Å². The number of anilines is 1. The number of halogens is 1. The van der Waals surface area contributed by atoms with Gasteiger partial charge in [-0.15, -0.1) is 0 Å². The van der Waals surface area contributed by atoms with Crippen molar-refractivity contribution in [1.82, 2.24) is 0 Å². The molecular formula is C19H24FN2O3S+. The van der Waals surface area contributed by atoms with Gasteiger partial charge in [0, 0.05) is 23.4 Å². The molecule has 0 aliphatic heterocycles. The van der Waals surface area contributed by atoms with Gasteiger partial charge in [-0.2, -0.15) is 0 Å². The smallest absolute Gasteiger partial charge is 0.279 e. The number of rotatable bonds is 7. The summed E-state index contributed by atoms with van der Waals surface area (Å²) in [6.45, 7) is 4.25. The summed E-state index contributed by atoms with van der Waals surface area (Å²) >= 11 is 0. The highest BCUT2D eigenvalue weighted by molar-refractivity contribution is 7.90. The van der Waals surface area contributed by atoms with Crippen molar-refractivity contribution >= 4 is 21.4 Å². The Labute approximate surface area is 153 Å². The molecule has 1 amide bonds. The Morgan fingerprint density at radius 1 is 1.15 bits per heavy atom. The molecule has 0 saturated heterocycles. The van der Waals surface area contributed by atoms with Crippen molar-refractivity contribution < 1.29 is 22.9 Å². The fourth-order valence-corrected chi connectivity index (χ4v) is 3.40. The highest BCUT2D eigenvalue weighted by Crippen LogP contribution is 2.18. The minimum Gasteiger partial charge on any atom is -0.332 e. The monoisotopic (exact) mass is 379 g/mol. The fourth-order valence-electron chi connectivity index (χ4n) is 2.73. The molecule has 2 aromatic carbocycles. The highest BCUT2D eigenvalue weighted by atomic mass is 32.2. The molecule has 0 fully saturated rings. The van der Waals surface area contributed by atoms with Crippen LogP contribution in [0.2, 0.25) is 0 Å². The number of nitrogens with two attached hydrogens (primary N) is 1. The first kappa shape index (κ1) is 20.1. The van der Waals surface area contributed by atoms with Crippen LogP contribution in [-0.4, -0.2) is 27.1 Å². The van der Waals surface area contributed by atoms with E-state index in [4.69, 9.17) is 0 Å². The van der Waals surface area contributed by atoms with Gasteiger partial charge in [-0.1, -0.05) is 32.0 Å². The van der Waals surface area contributed by atoms with E-state index in [2.05, 4.69) is 5.32 Å². The number of sulfone groups is 1. The van der Waals surface area contributed by atoms with Gasteiger partial charge in [-0.3, -0.25) is 4.79 Å². The van der Waals surface area contributed by atoms with Gasteiger partial charge in [-0.05, 0) is 30.3 Å². The van der Waals surface area contributed by atoms with Crippen molar-refractivity contribution in [2.45, 2.75) is 24.8 Å². The normalized spacial score (nSPS) is 12.8. The first-order valence-electron chi connectivity index (χ1n) is 8.35. The summed E-state index contributed by atoms with van der Waals surface area (Å²) in [6, 6.07) is 12.5. The third-order valence-corrected chi connectivity index (χ3v) is 5.19. The van der Waals surface area contributed by atoms with E-state index in [0.717, 1.165) is 11.8 Å². The minimum atomic E-state index is -3.33. The summed E-state index contributed by atoms with van der Waals surface area (Å²) in [5, 5.41) is 4.61. The largest absolute Gasteiger partial charge is 0.332 e. The van der Waals surface area contributed by atoms with Gasteiger partial charge < -0.3 is 10.6 Å². The van der Waals surface area contributed by atoms with Crippen LogP contribution in [0.5, 0.6) is 0 Å². The molecule has 26 heavy (non-hydrogen) atoms. The predicted octanol–water partition coefficient (Wildman–Crippen LogP) is 2.13. The lowest BCUT2D eigenvalue weighted by Gasteiger charge is -2.19. The number of carbonyl (C=O) groups is 1. The summed E-state index contributed by atoms with van der Waals surface area (Å²) in [7, 11) is -3.33. The Morgan fingerprint density at radius 2 is 1.81 bits per heavy atom. The third kappa shape index (κ3) is 5.64. The van der Waals surface area contributed by atoms with Gasteiger partial charge in [0.25, 0.3) is 5.91 Å². The Bertz CT molecular complexity index is 865. The highest BCUT2D eigenvalue weighted by Gasteiger charge is 2.20. The predicted molar refractivity (Wildman–Crippen MR) is 99.0 cm³/mol. The topological polar surface area (TPSA) is 79.8 Å². The third-order valence-electron chi connectivity index (χ3n) is 4.08. The van der Waals surface area contributed by atoms with Crippen molar-refractivity contribution in [3.05, 3.63) is 59.9 Å². The molecule has 5 nitrogen and oxygen atoms in total. The van der Waals surface area contributed by atoms with Crippen LogP contribution in [-0.2, 0) is 14.6 Å². The van der Waals surface area contributed by atoms with Crippen LogP contribution in [0.25, 0.3) is 0 Å². The van der Waals surface area contributed by atoms with Crippen molar-refractivity contribution in [3.8, 4) is 0 Å². The first-order valence-corrected chi connectivity index (χ1v) is 10.2. The van der Waals surface area contributed by atoms with E-state index in [1.165, 1.54) is 24.3 Å². The number of quaternary nitrogens is 1.